The molecule has 0 spiro atoms. The number of hydrogen-bond donors (Lipinski definition) is 2. The molecule has 0 bridgehead atoms. The summed E-state index contributed by atoms with van der Waals surface area (Å²) in [5, 5.41) is 5.66. The zero-order valence-electron chi connectivity index (χ0n) is 16.9. The number of anilines is 1. The Balaban J connectivity index is 1.66. The number of nitrogens with one attached hydrogen (secondary N) is 2. The van der Waals surface area contributed by atoms with Gasteiger partial charge >= 0.3 is 0 Å². The highest BCUT2D eigenvalue weighted by Crippen LogP contribution is 2.24. The van der Waals surface area contributed by atoms with Crippen LogP contribution in [0.1, 0.15) is 39.5 Å². The van der Waals surface area contributed by atoms with E-state index in [0.29, 0.717) is 5.95 Å². The molecule has 1 aromatic carbocycles. The van der Waals surface area contributed by atoms with Crippen LogP contribution in [0.15, 0.2) is 24.3 Å². The maximum atomic E-state index is 12.4. The van der Waals surface area contributed by atoms with Crippen molar-refractivity contribution in [1.82, 2.24) is 19.8 Å². The number of para-hydroxylation sites is 2. The van der Waals surface area contributed by atoms with Gasteiger partial charge in [-0.2, -0.15) is 0 Å². The summed E-state index contributed by atoms with van der Waals surface area (Å²) in [6, 6.07) is 7.88. The molecule has 7 nitrogen and oxygen atoms in total. The average Bonchev–Trinajstić information content (AvgIpc) is 3.35. The normalized spacial score (nSPS) is 14.7. The summed E-state index contributed by atoms with van der Waals surface area (Å²) in [6.07, 6.45) is 4.05. The summed E-state index contributed by atoms with van der Waals surface area (Å²) in [5.41, 5.74) is 1.85. The van der Waals surface area contributed by atoms with Gasteiger partial charge in [-0.3, -0.25) is 14.9 Å². The third kappa shape index (κ3) is 4.90. The number of aromatic nitrogens is 2. The van der Waals surface area contributed by atoms with E-state index in [1.54, 1.807) is 0 Å². The molecule has 2 N–H and O–H groups in total. The molecular weight excluding hydrogens is 354 g/mol. The molecule has 152 valence electrons. The second kappa shape index (κ2) is 9.68. The van der Waals surface area contributed by atoms with Crippen molar-refractivity contribution in [2.45, 2.75) is 46.1 Å². The molecule has 2 aromatic rings. The number of imidazole rings is 1. The van der Waals surface area contributed by atoms with Gasteiger partial charge in [-0.1, -0.05) is 38.8 Å². The zero-order chi connectivity index (χ0) is 19.9. The molecule has 1 saturated carbocycles. The molecule has 28 heavy (non-hydrogen) atoms. The molecule has 1 aromatic heterocycles. The van der Waals surface area contributed by atoms with Gasteiger partial charge in [0.2, 0.25) is 17.8 Å². The Hall–Kier alpha value is -2.41. The van der Waals surface area contributed by atoms with E-state index in [4.69, 9.17) is 0 Å². The Morgan fingerprint density at radius 3 is 2.61 bits per heavy atom. The van der Waals surface area contributed by atoms with Crippen LogP contribution in [0.25, 0.3) is 11.0 Å². The van der Waals surface area contributed by atoms with E-state index >= 15 is 0 Å². The van der Waals surface area contributed by atoms with Crippen molar-refractivity contribution >= 4 is 28.8 Å². The molecule has 7 heteroatoms. The Morgan fingerprint density at radius 1 is 1.18 bits per heavy atom. The van der Waals surface area contributed by atoms with Crippen LogP contribution in [-0.2, 0) is 16.1 Å². The van der Waals surface area contributed by atoms with Gasteiger partial charge in [0, 0.05) is 19.0 Å². The van der Waals surface area contributed by atoms with Crippen molar-refractivity contribution in [3.05, 3.63) is 24.3 Å². The SMILES string of the molecule is CCN(CC)CCn1c(NC(=O)CNC(=O)C2CCCC2)nc2ccccc21. The van der Waals surface area contributed by atoms with Crippen LogP contribution in [0.5, 0.6) is 0 Å². The highest BCUT2D eigenvalue weighted by molar-refractivity contribution is 5.95. The first kappa shape index (κ1) is 20.3. The van der Waals surface area contributed by atoms with Gasteiger partial charge in [-0.05, 0) is 38.1 Å². The summed E-state index contributed by atoms with van der Waals surface area (Å²) in [6.45, 7) is 7.86. The maximum absolute atomic E-state index is 12.4. The van der Waals surface area contributed by atoms with E-state index < -0.39 is 0 Å². The average molecular weight is 386 g/mol. The number of benzene rings is 1. The van der Waals surface area contributed by atoms with Crippen LogP contribution < -0.4 is 10.6 Å². The van der Waals surface area contributed by atoms with Gasteiger partial charge in [0.15, 0.2) is 0 Å². The molecule has 2 amide bonds. The van der Waals surface area contributed by atoms with E-state index in [9.17, 15) is 9.59 Å². The van der Waals surface area contributed by atoms with E-state index in [0.717, 1.165) is 62.9 Å². The zero-order valence-corrected chi connectivity index (χ0v) is 16.9. The third-order valence-corrected chi connectivity index (χ3v) is 5.59. The lowest BCUT2D eigenvalue weighted by Gasteiger charge is -2.19. The highest BCUT2D eigenvalue weighted by Gasteiger charge is 2.23. The summed E-state index contributed by atoms with van der Waals surface area (Å²) in [4.78, 5) is 31.5. The Bertz CT molecular complexity index is 806. The first-order valence-electron chi connectivity index (χ1n) is 10.4. The monoisotopic (exact) mass is 385 g/mol. The molecule has 1 fully saturated rings. The second-order valence-corrected chi connectivity index (χ2v) is 7.35. The first-order valence-corrected chi connectivity index (χ1v) is 10.4. The van der Waals surface area contributed by atoms with Crippen LogP contribution >= 0.6 is 0 Å². The third-order valence-electron chi connectivity index (χ3n) is 5.59. The predicted octanol–water partition coefficient (Wildman–Crippen LogP) is 2.62. The van der Waals surface area contributed by atoms with E-state index in [-0.39, 0.29) is 24.3 Å². The minimum absolute atomic E-state index is 0.0114. The molecule has 0 aliphatic heterocycles. The van der Waals surface area contributed by atoms with E-state index in [1.165, 1.54) is 0 Å². The molecule has 1 aliphatic carbocycles. The van der Waals surface area contributed by atoms with Crippen LogP contribution in [0.2, 0.25) is 0 Å². The van der Waals surface area contributed by atoms with Crippen LogP contribution in [0.3, 0.4) is 0 Å². The molecule has 1 heterocycles. The fourth-order valence-corrected chi connectivity index (χ4v) is 3.85. The molecule has 0 radical (unpaired) electrons. The van der Waals surface area contributed by atoms with Crippen molar-refractivity contribution in [3.8, 4) is 0 Å². The number of likely N-dealkylation sites (N-methyl/N-ethyl adjacent to an activating group) is 1. The standard InChI is InChI=1S/C21H31N5O2/c1-3-25(4-2)13-14-26-18-12-8-7-11-17(18)23-21(26)24-19(27)15-22-20(28)16-9-5-6-10-16/h7-8,11-12,16H,3-6,9-10,13-15H2,1-2H3,(H,22,28)(H,23,24,27). The van der Waals surface area contributed by atoms with Crippen molar-refractivity contribution in [2.75, 3.05) is 31.5 Å². The van der Waals surface area contributed by atoms with Gasteiger partial charge in [-0.15, -0.1) is 0 Å². The number of fused-ring (bicyclic) bond motifs is 1. The van der Waals surface area contributed by atoms with E-state index in [1.807, 2.05) is 28.8 Å². The summed E-state index contributed by atoms with van der Waals surface area (Å²) in [5.74, 6) is 0.341. The Morgan fingerprint density at radius 2 is 1.89 bits per heavy atom. The van der Waals surface area contributed by atoms with Gasteiger partial charge in [0.25, 0.3) is 0 Å². The minimum Gasteiger partial charge on any atom is -0.347 e. The van der Waals surface area contributed by atoms with Crippen LogP contribution in [0.4, 0.5) is 5.95 Å². The molecule has 1 aliphatic rings. The molecule has 0 saturated heterocycles. The number of hydrogen-bond acceptors (Lipinski definition) is 4. The summed E-state index contributed by atoms with van der Waals surface area (Å²) >= 11 is 0. The summed E-state index contributed by atoms with van der Waals surface area (Å²) < 4.78 is 2.05. The lowest BCUT2D eigenvalue weighted by molar-refractivity contribution is -0.127. The second-order valence-electron chi connectivity index (χ2n) is 7.35. The number of carbonyl (C=O) groups excluding carboxylic acids is 2. The van der Waals surface area contributed by atoms with Gasteiger partial charge in [0.1, 0.15) is 0 Å². The topological polar surface area (TPSA) is 79.3 Å². The lowest BCUT2D eigenvalue weighted by atomic mass is 10.1. The van der Waals surface area contributed by atoms with Crippen LogP contribution in [-0.4, -0.2) is 52.4 Å². The van der Waals surface area contributed by atoms with Crippen molar-refractivity contribution < 1.29 is 9.59 Å². The molecule has 0 unspecified atom stereocenters. The van der Waals surface area contributed by atoms with Crippen molar-refractivity contribution in [1.29, 1.82) is 0 Å². The molecule has 0 atom stereocenters. The van der Waals surface area contributed by atoms with Crippen molar-refractivity contribution in [2.24, 2.45) is 5.92 Å². The van der Waals surface area contributed by atoms with Gasteiger partial charge in [-0.25, -0.2) is 4.98 Å². The smallest absolute Gasteiger partial charge is 0.246 e. The number of nitrogens with zero attached hydrogens (tertiary/aromatic N) is 3. The van der Waals surface area contributed by atoms with Crippen molar-refractivity contribution in [3.63, 3.8) is 0 Å². The highest BCUT2D eigenvalue weighted by atomic mass is 16.2. The quantitative estimate of drug-likeness (QED) is 0.695. The predicted molar refractivity (Wildman–Crippen MR) is 111 cm³/mol. The molecular formula is C21H31N5O2. The largest absolute Gasteiger partial charge is 0.347 e. The lowest BCUT2D eigenvalue weighted by Crippen LogP contribution is -2.36. The minimum atomic E-state index is -0.245. The van der Waals surface area contributed by atoms with Crippen LogP contribution in [0, 0.1) is 5.92 Å². The molecule has 3 rings (SSSR count). The fourth-order valence-electron chi connectivity index (χ4n) is 3.85. The summed E-state index contributed by atoms with van der Waals surface area (Å²) in [7, 11) is 0. The van der Waals surface area contributed by atoms with Gasteiger partial charge < -0.3 is 14.8 Å². The number of amides is 2. The fraction of sp³-hybridized carbons (Fsp3) is 0.571. The Labute approximate surface area is 166 Å². The van der Waals surface area contributed by atoms with Gasteiger partial charge in [0.05, 0.1) is 17.6 Å². The number of carbonyl (C=O) groups is 2. The Kier molecular flexibility index (Phi) is 7.03. The van der Waals surface area contributed by atoms with E-state index in [2.05, 4.69) is 34.4 Å². The number of rotatable bonds is 9. The first-order chi connectivity index (χ1) is 13.6. The maximum Gasteiger partial charge on any atom is 0.246 e.